The lowest BCUT2D eigenvalue weighted by molar-refractivity contribution is 0.0636. The molecule has 4 N–H and O–H groups in total. The highest BCUT2D eigenvalue weighted by Gasteiger charge is 2.17. The van der Waals surface area contributed by atoms with Gasteiger partial charge in [-0.2, -0.15) is 0 Å². The molecule has 0 fully saturated rings. The molecule has 0 heterocycles. The standard InChI is InChI=1S/C14H21N3O3/c1-9(18)16-11-6-5-7-12(10(11)8-15)17-13(19)20-14(2,3)4/h5-9,15-16,18H,1-4H3,(H,17,19)/t9-/m1/s1. The summed E-state index contributed by atoms with van der Waals surface area (Å²) >= 11 is 0. The van der Waals surface area contributed by atoms with Gasteiger partial charge in [0.05, 0.1) is 5.69 Å². The van der Waals surface area contributed by atoms with Crippen LogP contribution in [0.1, 0.15) is 33.3 Å². The molecular formula is C14H21N3O3. The highest BCUT2D eigenvalue weighted by atomic mass is 16.6. The van der Waals surface area contributed by atoms with Gasteiger partial charge in [-0.15, -0.1) is 0 Å². The number of hydrogen-bond acceptors (Lipinski definition) is 5. The normalized spacial score (nSPS) is 12.4. The van der Waals surface area contributed by atoms with Gasteiger partial charge >= 0.3 is 6.09 Å². The average Bonchev–Trinajstić information content (AvgIpc) is 2.25. The molecule has 1 aromatic carbocycles. The number of amides is 1. The van der Waals surface area contributed by atoms with Crippen LogP contribution in [0.2, 0.25) is 0 Å². The highest BCUT2D eigenvalue weighted by molar-refractivity contribution is 5.98. The Labute approximate surface area is 118 Å². The molecule has 6 heteroatoms. The second-order valence-electron chi connectivity index (χ2n) is 5.36. The van der Waals surface area contributed by atoms with Gasteiger partial charge in [0.25, 0.3) is 0 Å². The second kappa shape index (κ2) is 6.38. The van der Waals surface area contributed by atoms with E-state index in [2.05, 4.69) is 10.6 Å². The Hall–Kier alpha value is -2.08. The Morgan fingerprint density at radius 1 is 1.40 bits per heavy atom. The average molecular weight is 279 g/mol. The maximum Gasteiger partial charge on any atom is 0.412 e. The number of anilines is 2. The van der Waals surface area contributed by atoms with Gasteiger partial charge in [0.15, 0.2) is 0 Å². The van der Waals surface area contributed by atoms with Crippen LogP contribution in [0.3, 0.4) is 0 Å². The van der Waals surface area contributed by atoms with Crippen molar-refractivity contribution in [2.24, 2.45) is 0 Å². The quantitative estimate of drug-likeness (QED) is 0.503. The van der Waals surface area contributed by atoms with E-state index >= 15 is 0 Å². The number of carbonyl (C=O) groups excluding carboxylic acids is 1. The number of aliphatic hydroxyl groups excluding tert-OH is 1. The first-order chi connectivity index (χ1) is 9.23. The molecule has 0 aliphatic rings. The SMILES string of the molecule is C[C@@H](O)Nc1cccc(NC(=O)OC(C)(C)C)c1C=N. The largest absolute Gasteiger partial charge is 0.444 e. The molecule has 0 aliphatic carbocycles. The second-order valence-corrected chi connectivity index (χ2v) is 5.36. The molecule has 0 radical (unpaired) electrons. The van der Waals surface area contributed by atoms with E-state index in [1.165, 1.54) is 0 Å². The minimum Gasteiger partial charge on any atom is -0.444 e. The number of hydrogen-bond donors (Lipinski definition) is 4. The highest BCUT2D eigenvalue weighted by Crippen LogP contribution is 2.23. The van der Waals surface area contributed by atoms with E-state index in [1.54, 1.807) is 45.9 Å². The van der Waals surface area contributed by atoms with Crippen molar-refractivity contribution in [1.82, 2.24) is 0 Å². The Morgan fingerprint density at radius 2 is 2.00 bits per heavy atom. The van der Waals surface area contributed by atoms with Crippen molar-refractivity contribution in [2.45, 2.75) is 39.5 Å². The summed E-state index contributed by atoms with van der Waals surface area (Å²) in [7, 11) is 0. The van der Waals surface area contributed by atoms with Gasteiger partial charge in [0, 0.05) is 17.5 Å². The number of aliphatic hydroxyl groups is 1. The number of ether oxygens (including phenoxy) is 1. The molecule has 110 valence electrons. The zero-order chi connectivity index (χ0) is 15.3. The molecule has 20 heavy (non-hydrogen) atoms. The number of rotatable bonds is 4. The minimum absolute atomic E-state index is 0.444. The third-order valence-electron chi connectivity index (χ3n) is 2.25. The molecule has 6 nitrogen and oxygen atoms in total. The van der Waals surface area contributed by atoms with Gasteiger partial charge in [-0.1, -0.05) is 6.07 Å². The third-order valence-corrected chi connectivity index (χ3v) is 2.25. The van der Waals surface area contributed by atoms with Crippen LogP contribution < -0.4 is 10.6 Å². The molecule has 0 spiro atoms. The van der Waals surface area contributed by atoms with E-state index < -0.39 is 17.9 Å². The fraction of sp³-hybridized carbons (Fsp3) is 0.429. The predicted octanol–water partition coefficient (Wildman–Crippen LogP) is 2.78. The van der Waals surface area contributed by atoms with Crippen LogP contribution in [0.5, 0.6) is 0 Å². The lowest BCUT2D eigenvalue weighted by Crippen LogP contribution is -2.27. The first-order valence-corrected chi connectivity index (χ1v) is 6.31. The molecule has 0 aliphatic heterocycles. The van der Waals surface area contributed by atoms with Gasteiger partial charge in [-0.25, -0.2) is 4.79 Å². The van der Waals surface area contributed by atoms with E-state index in [1.807, 2.05) is 0 Å². The Kier molecular flexibility index (Phi) is 5.10. The minimum atomic E-state index is -0.759. The molecule has 1 rings (SSSR count). The molecule has 0 saturated carbocycles. The van der Waals surface area contributed by atoms with E-state index in [0.717, 1.165) is 6.21 Å². The monoisotopic (exact) mass is 279 g/mol. The topological polar surface area (TPSA) is 94.4 Å². The Morgan fingerprint density at radius 3 is 2.50 bits per heavy atom. The van der Waals surface area contributed by atoms with E-state index in [0.29, 0.717) is 16.9 Å². The van der Waals surface area contributed by atoms with Crippen molar-refractivity contribution in [1.29, 1.82) is 5.41 Å². The Balaban J connectivity index is 2.95. The molecular weight excluding hydrogens is 258 g/mol. The summed E-state index contributed by atoms with van der Waals surface area (Å²) in [6.45, 7) is 6.89. The first-order valence-electron chi connectivity index (χ1n) is 6.31. The molecule has 0 saturated heterocycles. The number of carbonyl (C=O) groups is 1. The van der Waals surface area contributed by atoms with Crippen LogP contribution in [-0.4, -0.2) is 29.2 Å². The molecule has 1 atom stereocenters. The van der Waals surface area contributed by atoms with E-state index in [-0.39, 0.29) is 0 Å². The molecule has 0 unspecified atom stereocenters. The van der Waals surface area contributed by atoms with Crippen molar-refractivity contribution in [2.75, 3.05) is 10.6 Å². The number of nitrogens with one attached hydrogen (secondary N) is 3. The van der Waals surface area contributed by atoms with Crippen molar-refractivity contribution in [3.8, 4) is 0 Å². The summed E-state index contributed by atoms with van der Waals surface area (Å²) in [5.74, 6) is 0. The molecule has 0 bridgehead atoms. The summed E-state index contributed by atoms with van der Waals surface area (Å²) in [5.41, 5.74) is 0.882. The van der Waals surface area contributed by atoms with Crippen molar-refractivity contribution < 1.29 is 14.6 Å². The predicted molar refractivity (Wildman–Crippen MR) is 79.5 cm³/mol. The maximum absolute atomic E-state index is 11.8. The lowest BCUT2D eigenvalue weighted by atomic mass is 10.1. The van der Waals surface area contributed by atoms with Crippen LogP contribution in [0.25, 0.3) is 0 Å². The summed E-state index contributed by atoms with van der Waals surface area (Å²) in [6, 6.07) is 5.09. The maximum atomic E-state index is 11.8. The third kappa shape index (κ3) is 4.89. The summed E-state index contributed by atoms with van der Waals surface area (Å²) < 4.78 is 5.17. The van der Waals surface area contributed by atoms with Crippen LogP contribution in [0.15, 0.2) is 18.2 Å². The summed E-state index contributed by atoms with van der Waals surface area (Å²) in [4.78, 5) is 11.8. The van der Waals surface area contributed by atoms with Gasteiger partial charge in [0.2, 0.25) is 0 Å². The van der Waals surface area contributed by atoms with Gasteiger partial charge < -0.3 is 20.6 Å². The molecule has 1 aromatic rings. The van der Waals surface area contributed by atoms with E-state index in [9.17, 15) is 9.90 Å². The van der Waals surface area contributed by atoms with E-state index in [4.69, 9.17) is 10.1 Å². The number of benzene rings is 1. The van der Waals surface area contributed by atoms with Crippen LogP contribution in [0, 0.1) is 5.41 Å². The zero-order valence-electron chi connectivity index (χ0n) is 12.2. The molecule has 1 amide bonds. The fourth-order valence-corrected chi connectivity index (χ4v) is 1.59. The van der Waals surface area contributed by atoms with Gasteiger partial charge in [0.1, 0.15) is 11.8 Å². The summed E-state index contributed by atoms with van der Waals surface area (Å²) in [5, 5.41) is 22.2. The van der Waals surface area contributed by atoms with Gasteiger partial charge in [-0.3, -0.25) is 5.32 Å². The van der Waals surface area contributed by atoms with Crippen LogP contribution >= 0.6 is 0 Å². The smallest absolute Gasteiger partial charge is 0.412 e. The molecule has 0 aromatic heterocycles. The Bertz CT molecular complexity index is 493. The fourth-order valence-electron chi connectivity index (χ4n) is 1.59. The van der Waals surface area contributed by atoms with Crippen LogP contribution in [-0.2, 0) is 4.74 Å². The first kappa shape index (κ1) is 16.0. The van der Waals surface area contributed by atoms with Crippen LogP contribution in [0.4, 0.5) is 16.2 Å². The summed E-state index contributed by atoms with van der Waals surface area (Å²) in [6.07, 6.45) is -0.238. The van der Waals surface area contributed by atoms with Crippen molar-refractivity contribution in [3.63, 3.8) is 0 Å². The zero-order valence-corrected chi connectivity index (χ0v) is 12.2. The van der Waals surface area contributed by atoms with Crippen molar-refractivity contribution in [3.05, 3.63) is 23.8 Å². The van der Waals surface area contributed by atoms with Gasteiger partial charge in [-0.05, 0) is 39.8 Å². The van der Waals surface area contributed by atoms with Crippen molar-refractivity contribution >= 4 is 23.7 Å². The lowest BCUT2D eigenvalue weighted by Gasteiger charge is -2.21.